The third-order valence-corrected chi connectivity index (χ3v) is 12.2. The average Bonchev–Trinajstić information content (AvgIpc) is 3.40. The molecule has 10 rings (SSSR count). The first-order valence-electron chi connectivity index (χ1n) is 22.3. The monoisotopic (exact) mass is 904 g/mol. The second-order valence-corrected chi connectivity index (χ2v) is 16.3. The minimum Gasteiger partial charge on any atom is -0.497 e. The van der Waals surface area contributed by atoms with Gasteiger partial charge in [0.15, 0.2) is 11.6 Å². The molecular weight excluding hydrogens is 857 g/mol. The maximum absolute atomic E-state index is 13.5. The summed E-state index contributed by atoms with van der Waals surface area (Å²) >= 11 is 0. The standard InChI is InChI=1S/2C27H24N4O3/c1-34-25-10-6-5-9-21(25)24(32)18-31-23(20-7-3-2-4-8-20)13-16-30-26(33)17-22(29-27(30)31)19-11-14-28-15-12-19;1-34-22-9-5-8-21(16-22)25(32)18-31-24(20-6-3-2-4-7-20)12-15-30-26(33)17-23(29-27(30)31)19-10-13-28-14-11-19/h2-12,14-15,17,23H,13,16,18H2,1H3;2-11,13-14,16-17,24H,12,15,18H2,1H3. The quantitative estimate of drug-likeness (QED) is 0.108. The molecule has 8 aromatic rings. The first kappa shape index (κ1) is 44.7. The minimum absolute atomic E-state index is 0.0617. The van der Waals surface area contributed by atoms with Crippen molar-refractivity contribution in [3.63, 3.8) is 0 Å². The van der Waals surface area contributed by atoms with E-state index in [2.05, 4.69) is 9.97 Å². The Hall–Kier alpha value is -8.52. The van der Waals surface area contributed by atoms with E-state index in [4.69, 9.17) is 19.4 Å². The molecule has 0 spiro atoms. The van der Waals surface area contributed by atoms with E-state index in [0.717, 1.165) is 22.3 Å². The summed E-state index contributed by atoms with van der Waals surface area (Å²) in [6.07, 6.45) is 8.06. The lowest BCUT2D eigenvalue weighted by Crippen LogP contribution is -2.43. The summed E-state index contributed by atoms with van der Waals surface area (Å²) in [6, 6.07) is 44.6. The van der Waals surface area contributed by atoms with Crippen molar-refractivity contribution in [2.24, 2.45) is 0 Å². The number of aromatic nitrogens is 6. The van der Waals surface area contributed by atoms with Gasteiger partial charge in [-0.25, -0.2) is 9.97 Å². The highest BCUT2D eigenvalue weighted by Gasteiger charge is 2.34. The largest absolute Gasteiger partial charge is 0.497 e. The number of anilines is 2. The predicted octanol–water partition coefficient (Wildman–Crippen LogP) is 8.30. The Kier molecular flexibility index (Phi) is 13.4. The maximum atomic E-state index is 13.5. The summed E-state index contributed by atoms with van der Waals surface area (Å²) in [6.45, 7) is 1.20. The Balaban J connectivity index is 0.000000170. The molecule has 4 aromatic carbocycles. The lowest BCUT2D eigenvalue weighted by atomic mass is 9.99. The van der Waals surface area contributed by atoms with Gasteiger partial charge in [-0.3, -0.25) is 38.3 Å². The Bertz CT molecular complexity index is 3170. The van der Waals surface area contributed by atoms with Gasteiger partial charge >= 0.3 is 0 Å². The SMILES string of the molecule is COc1cccc(C(=O)CN2c3nc(-c4ccncc4)cc(=O)n3CCC2c2ccccc2)c1.COc1ccccc1C(=O)CN1c2nc(-c3ccncc3)cc(=O)n2CCC1c1ccccc1. The first-order valence-corrected chi connectivity index (χ1v) is 22.3. The summed E-state index contributed by atoms with van der Waals surface area (Å²) in [5.74, 6) is 1.96. The Labute approximate surface area is 392 Å². The van der Waals surface area contributed by atoms with Gasteiger partial charge in [-0.15, -0.1) is 0 Å². The van der Waals surface area contributed by atoms with Gasteiger partial charge in [0.1, 0.15) is 11.5 Å². The van der Waals surface area contributed by atoms with Crippen molar-refractivity contribution in [2.75, 3.05) is 37.1 Å². The molecule has 0 bridgehead atoms. The highest BCUT2D eigenvalue weighted by Crippen LogP contribution is 2.36. The molecule has 2 unspecified atom stereocenters. The van der Waals surface area contributed by atoms with Gasteiger partial charge in [0.05, 0.1) is 56.3 Å². The lowest BCUT2D eigenvalue weighted by molar-refractivity contribution is 0.0984. The van der Waals surface area contributed by atoms with E-state index in [1.54, 1.807) is 90.6 Å². The van der Waals surface area contributed by atoms with E-state index < -0.39 is 0 Å². The molecule has 0 saturated carbocycles. The van der Waals surface area contributed by atoms with E-state index in [-0.39, 0.29) is 47.9 Å². The number of para-hydroxylation sites is 1. The summed E-state index contributed by atoms with van der Waals surface area (Å²) in [4.78, 5) is 74.8. The zero-order chi connectivity index (χ0) is 47.0. The molecule has 14 heteroatoms. The smallest absolute Gasteiger partial charge is 0.255 e. The van der Waals surface area contributed by atoms with Crippen LogP contribution in [0.4, 0.5) is 11.9 Å². The van der Waals surface area contributed by atoms with Crippen molar-refractivity contribution in [1.29, 1.82) is 0 Å². The molecule has 14 nitrogen and oxygen atoms in total. The van der Waals surface area contributed by atoms with Crippen LogP contribution in [0, 0.1) is 0 Å². The van der Waals surface area contributed by atoms with E-state index in [1.165, 1.54) is 0 Å². The van der Waals surface area contributed by atoms with Crippen LogP contribution < -0.4 is 30.4 Å². The van der Waals surface area contributed by atoms with Crippen LogP contribution in [0.5, 0.6) is 11.5 Å². The van der Waals surface area contributed by atoms with E-state index in [1.807, 2.05) is 113 Å². The number of carbonyl (C=O) groups is 2. The molecule has 0 N–H and O–H groups in total. The number of fused-ring (bicyclic) bond motifs is 2. The summed E-state index contributed by atoms with van der Waals surface area (Å²) < 4.78 is 14.0. The van der Waals surface area contributed by atoms with E-state index in [9.17, 15) is 19.2 Å². The number of carbonyl (C=O) groups excluding carboxylic acids is 2. The van der Waals surface area contributed by atoms with Crippen LogP contribution in [-0.4, -0.2) is 67.9 Å². The number of pyridine rings is 2. The predicted molar refractivity (Wildman–Crippen MR) is 260 cm³/mol. The van der Waals surface area contributed by atoms with Crippen LogP contribution in [0.25, 0.3) is 22.5 Å². The van der Waals surface area contributed by atoms with Crippen LogP contribution in [0.3, 0.4) is 0 Å². The number of rotatable bonds is 12. The molecule has 0 amide bonds. The molecule has 2 atom stereocenters. The van der Waals surface area contributed by atoms with Crippen molar-refractivity contribution < 1.29 is 19.1 Å². The highest BCUT2D eigenvalue weighted by molar-refractivity contribution is 6.01. The number of hydrogen-bond donors (Lipinski definition) is 0. The van der Waals surface area contributed by atoms with Crippen molar-refractivity contribution in [1.82, 2.24) is 29.1 Å². The minimum atomic E-state index is -0.141. The fraction of sp³-hybridized carbons (Fsp3) is 0.185. The topological polar surface area (TPSA) is 155 Å². The fourth-order valence-electron chi connectivity index (χ4n) is 8.84. The fourth-order valence-corrected chi connectivity index (χ4v) is 8.84. The molecule has 0 fully saturated rings. The van der Waals surface area contributed by atoms with Crippen LogP contribution in [0.1, 0.15) is 56.8 Å². The molecule has 68 heavy (non-hydrogen) atoms. The molecular formula is C54H48N8O6. The van der Waals surface area contributed by atoms with Crippen LogP contribution in [0.2, 0.25) is 0 Å². The average molecular weight is 905 g/mol. The van der Waals surface area contributed by atoms with Gasteiger partial charge < -0.3 is 19.3 Å². The van der Waals surface area contributed by atoms with Crippen molar-refractivity contribution in [3.05, 3.63) is 213 Å². The lowest BCUT2D eigenvalue weighted by Gasteiger charge is -2.38. The van der Waals surface area contributed by atoms with Gasteiger partial charge in [-0.05, 0) is 72.5 Å². The molecule has 0 aliphatic carbocycles. The van der Waals surface area contributed by atoms with Crippen LogP contribution >= 0.6 is 0 Å². The van der Waals surface area contributed by atoms with Gasteiger partial charge in [0.25, 0.3) is 11.1 Å². The van der Waals surface area contributed by atoms with Crippen molar-refractivity contribution in [3.8, 4) is 34.0 Å². The summed E-state index contributed by atoms with van der Waals surface area (Å²) in [5, 5.41) is 0. The molecule has 0 saturated heterocycles. The first-order chi connectivity index (χ1) is 33.3. The molecule has 0 radical (unpaired) electrons. The molecule has 4 aromatic heterocycles. The Morgan fingerprint density at radius 1 is 0.544 bits per heavy atom. The van der Waals surface area contributed by atoms with Gasteiger partial charge in [-0.1, -0.05) is 84.9 Å². The Morgan fingerprint density at radius 2 is 1.03 bits per heavy atom. The van der Waals surface area contributed by atoms with E-state index in [0.29, 0.717) is 71.8 Å². The van der Waals surface area contributed by atoms with Gasteiger partial charge in [0.2, 0.25) is 11.9 Å². The van der Waals surface area contributed by atoms with E-state index >= 15 is 0 Å². The number of benzene rings is 4. The maximum Gasteiger partial charge on any atom is 0.255 e. The molecule has 6 heterocycles. The Morgan fingerprint density at radius 3 is 1.53 bits per heavy atom. The third-order valence-electron chi connectivity index (χ3n) is 12.2. The zero-order valence-electron chi connectivity index (χ0n) is 37.6. The molecule has 2 aliphatic heterocycles. The number of Topliss-reactive ketones (excluding diaryl/α,β-unsaturated/α-hetero) is 2. The third kappa shape index (κ3) is 9.56. The second-order valence-electron chi connectivity index (χ2n) is 16.3. The normalized spacial score (nSPS) is 15.0. The van der Waals surface area contributed by atoms with Gasteiger partial charge in [-0.2, -0.15) is 0 Å². The summed E-state index contributed by atoms with van der Waals surface area (Å²) in [5.41, 5.74) is 5.65. The van der Waals surface area contributed by atoms with Crippen LogP contribution in [-0.2, 0) is 13.1 Å². The van der Waals surface area contributed by atoms with Gasteiger partial charge in [0, 0.05) is 66.7 Å². The number of ether oxygens (including phenoxy) is 2. The molecule has 2 aliphatic rings. The molecule has 340 valence electrons. The number of ketones is 2. The number of hydrogen-bond acceptors (Lipinski definition) is 12. The van der Waals surface area contributed by atoms with Crippen molar-refractivity contribution in [2.45, 2.75) is 38.0 Å². The second kappa shape index (κ2) is 20.3. The van der Waals surface area contributed by atoms with Crippen molar-refractivity contribution >= 4 is 23.5 Å². The number of nitrogens with zero attached hydrogens (tertiary/aromatic N) is 8. The highest BCUT2D eigenvalue weighted by atomic mass is 16.5. The summed E-state index contributed by atoms with van der Waals surface area (Å²) in [7, 11) is 3.13. The number of methoxy groups -OCH3 is 2. The van der Waals surface area contributed by atoms with Crippen LogP contribution in [0.15, 0.2) is 180 Å². The zero-order valence-corrected chi connectivity index (χ0v) is 37.6.